The molecule has 1 aromatic carbocycles. The van der Waals surface area contributed by atoms with E-state index in [0.717, 1.165) is 6.07 Å². The third-order valence-corrected chi connectivity index (χ3v) is 3.06. The van der Waals surface area contributed by atoms with Crippen LogP contribution >= 0.6 is 0 Å². The highest BCUT2D eigenvalue weighted by Gasteiger charge is 2.63. The fourth-order valence-electron chi connectivity index (χ4n) is 1.92. The van der Waals surface area contributed by atoms with E-state index in [2.05, 4.69) is 4.74 Å². The number of hydrogen-bond donors (Lipinski definition) is 2. The Kier molecular flexibility index (Phi) is 6.71. The van der Waals surface area contributed by atoms with Gasteiger partial charge in [-0.05, 0) is 25.5 Å². The van der Waals surface area contributed by atoms with E-state index in [1.165, 1.54) is 6.92 Å². The normalized spacial score (nSPS) is 13.7. The molecule has 0 bridgehead atoms. The molecule has 0 heterocycles. The van der Waals surface area contributed by atoms with E-state index in [9.17, 15) is 31.5 Å². The summed E-state index contributed by atoms with van der Waals surface area (Å²) in [6.45, 7) is 2.45. The smallest absolute Gasteiger partial charge is 0.441 e. The van der Waals surface area contributed by atoms with Crippen LogP contribution in [0.15, 0.2) is 18.2 Å². The number of esters is 1. The Balaban J connectivity index is 3.37. The number of rotatable bonds is 7. The summed E-state index contributed by atoms with van der Waals surface area (Å²) in [5.74, 6) is -5.60. The van der Waals surface area contributed by atoms with Gasteiger partial charge in [-0.1, -0.05) is 6.92 Å². The third-order valence-electron chi connectivity index (χ3n) is 3.06. The molecule has 0 aliphatic carbocycles. The largest absolute Gasteiger partial charge is 0.463 e. The SMILES string of the molecule is CCCC(=O)N[C@](Nc1ccc(F)c(F)c1)(C(=O)OCC)C(F)(F)F. The average Bonchev–Trinajstić information content (AvgIpc) is 2.49. The zero-order chi connectivity index (χ0) is 19.3. The highest BCUT2D eigenvalue weighted by Crippen LogP contribution is 2.33. The average molecular weight is 368 g/mol. The van der Waals surface area contributed by atoms with Crippen LogP contribution in [0, 0.1) is 11.6 Å². The van der Waals surface area contributed by atoms with Gasteiger partial charge in [0, 0.05) is 18.2 Å². The van der Waals surface area contributed by atoms with Gasteiger partial charge < -0.3 is 15.4 Å². The Bertz CT molecular complexity index is 636. The maximum absolute atomic E-state index is 13.7. The van der Waals surface area contributed by atoms with Crippen molar-refractivity contribution in [1.82, 2.24) is 5.32 Å². The van der Waals surface area contributed by atoms with Crippen molar-refractivity contribution in [2.75, 3.05) is 11.9 Å². The summed E-state index contributed by atoms with van der Waals surface area (Å²) < 4.78 is 71.7. The summed E-state index contributed by atoms with van der Waals surface area (Å²) in [4.78, 5) is 23.8. The number of alkyl halides is 3. The summed E-state index contributed by atoms with van der Waals surface area (Å²) in [5.41, 5.74) is -4.21. The monoisotopic (exact) mass is 368 g/mol. The first-order chi connectivity index (χ1) is 11.6. The van der Waals surface area contributed by atoms with Gasteiger partial charge in [-0.2, -0.15) is 13.2 Å². The van der Waals surface area contributed by atoms with Crippen molar-refractivity contribution in [3.63, 3.8) is 0 Å². The first kappa shape index (κ1) is 20.7. The van der Waals surface area contributed by atoms with Gasteiger partial charge in [0.25, 0.3) is 0 Å². The quantitative estimate of drug-likeness (QED) is 0.441. The number of carbonyl (C=O) groups excluding carboxylic acids is 2. The van der Waals surface area contributed by atoms with Crippen LogP contribution in [0.3, 0.4) is 0 Å². The van der Waals surface area contributed by atoms with E-state index < -0.39 is 41.0 Å². The summed E-state index contributed by atoms with van der Waals surface area (Å²) >= 11 is 0. The molecule has 2 N–H and O–H groups in total. The predicted molar refractivity (Wildman–Crippen MR) is 78.5 cm³/mol. The van der Waals surface area contributed by atoms with E-state index >= 15 is 0 Å². The summed E-state index contributed by atoms with van der Waals surface area (Å²) in [5, 5.41) is 3.31. The first-order valence-electron chi connectivity index (χ1n) is 7.35. The second-order valence-corrected chi connectivity index (χ2v) is 5.02. The standard InChI is InChI=1S/C15H17F5N2O3/c1-3-5-12(23)22-14(15(18,19)20,13(24)25-4-2)21-9-6-7-10(16)11(17)8-9/h6-8,21H,3-5H2,1-2H3,(H,22,23)/t14-/m1/s1. The van der Waals surface area contributed by atoms with Crippen molar-refractivity contribution in [1.29, 1.82) is 0 Å². The van der Waals surface area contributed by atoms with Crippen molar-refractivity contribution < 1.29 is 36.3 Å². The van der Waals surface area contributed by atoms with Gasteiger partial charge >= 0.3 is 17.8 Å². The topological polar surface area (TPSA) is 67.4 Å². The molecule has 0 saturated carbocycles. The summed E-state index contributed by atoms with van der Waals surface area (Å²) in [6, 6.07) is 1.81. The minimum Gasteiger partial charge on any atom is -0.463 e. The van der Waals surface area contributed by atoms with E-state index in [1.807, 2.05) is 0 Å². The van der Waals surface area contributed by atoms with E-state index in [0.29, 0.717) is 12.1 Å². The molecule has 0 aliphatic heterocycles. The lowest BCUT2D eigenvalue weighted by Gasteiger charge is -2.35. The molecule has 0 radical (unpaired) electrons. The van der Waals surface area contributed by atoms with Crippen molar-refractivity contribution in [3.05, 3.63) is 29.8 Å². The van der Waals surface area contributed by atoms with Gasteiger partial charge in [-0.15, -0.1) is 0 Å². The molecule has 1 rings (SSSR count). The molecule has 1 atom stereocenters. The van der Waals surface area contributed by atoms with Gasteiger partial charge in [-0.25, -0.2) is 13.6 Å². The second kappa shape index (κ2) is 8.13. The predicted octanol–water partition coefficient (Wildman–Crippen LogP) is 3.11. The van der Waals surface area contributed by atoms with Crippen LogP contribution in [0.1, 0.15) is 26.7 Å². The number of nitrogens with one attached hydrogen (secondary N) is 2. The lowest BCUT2D eigenvalue weighted by Crippen LogP contribution is -2.69. The summed E-state index contributed by atoms with van der Waals surface area (Å²) in [6.07, 6.45) is -5.38. The van der Waals surface area contributed by atoms with Gasteiger partial charge in [0.05, 0.1) is 6.61 Å². The van der Waals surface area contributed by atoms with Crippen LogP contribution in [0.25, 0.3) is 0 Å². The van der Waals surface area contributed by atoms with Crippen LogP contribution in [0.2, 0.25) is 0 Å². The molecule has 0 fully saturated rings. The second-order valence-electron chi connectivity index (χ2n) is 5.02. The number of benzene rings is 1. The van der Waals surface area contributed by atoms with Crippen LogP contribution in [-0.2, 0) is 14.3 Å². The van der Waals surface area contributed by atoms with Crippen molar-refractivity contribution in [3.8, 4) is 0 Å². The lowest BCUT2D eigenvalue weighted by atomic mass is 10.1. The molecule has 1 amide bonds. The fourth-order valence-corrected chi connectivity index (χ4v) is 1.92. The van der Waals surface area contributed by atoms with Gasteiger partial charge in [0.1, 0.15) is 0 Å². The Morgan fingerprint density at radius 1 is 1.12 bits per heavy atom. The molecule has 5 nitrogen and oxygen atoms in total. The highest BCUT2D eigenvalue weighted by molar-refractivity contribution is 5.91. The van der Waals surface area contributed by atoms with Crippen LogP contribution in [0.4, 0.5) is 27.6 Å². The zero-order valence-corrected chi connectivity index (χ0v) is 13.5. The van der Waals surface area contributed by atoms with Crippen molar-refractivity contribution >= 4 is 17.6 Å². The lowest BCUT2D eigenvalue weighted by molar-refractivity contribution is -0.207. The molecule has 140 valence electrons. The van der Waals surface area contributed by atoms with E-state index in [-0.39, 0.29) is 19.4 Å². The maximum Gasteiger partial charge on any atom is 0.441 e. The fraction of sp³-hybridized carbons (Fsp3) is 0.467. The molecule has 1 aromatic rings. The molecule has 0 spiro atoms. The summed E-state index contributed by atoms with van der Waals surface area (Å²) in [7, 11) is 0. The van der Waals surface area contributed by atoms with Crippen molar-refractivity contribution in [2.45, 2.75) is 38.5 Å². The molecule has 25 heavy (non-hydrogen) atoms. The third kappa shape index (κ3) is 4.80. The van der Waals surface area contributed by atoms with E-state index in [1.54, 1.807) is 17.6 Å². The molecule has 0 saturated heterocycles. The van der Waals surface area contributed by atoms with Crippen LogP contribution < -0.4 is 10.6 Å². The number of halogens is 5. The van der Waals surface area contributed by atoms with Crippen LogP contribution in [0.5, 0.6) is 0 Å². The zero-order valence-electron chi connectivity index (χ0n) is 13.5. The molecule has 0 unspecified atom stereocenters. The Hall–Kier alpha value is -2.39. The van der Waals surface area contributed by atoms with E-state index in [4.69, 9.17) is 0 Å². The van der Waals surface area contributed by atoms with Gasteiger partial charge in [0.15, 0.2) is 11.6 Å². The Morgan fingerprint density at radius 2 is 1.76 bits per heavy atom. The van der Waals surface area contributed by atoms with Crippen molar-refractivity contribution in [2.24, 2.45) is 0 Å². The highest BCUT2D eigenvalue weighted by atomic mass is 19.4. The molecular formula is C15H17F5N2O3. The molecule has 0 aromatic heterocycles. The minimum absolute atomic E-state index is 0.230. The number of hydrogen-bond acceptors (Lipinski definition) is 4. The van der Waals surface area contributed by atoms with Gasteiger partial charge in [0.2, 0.25) is 5.91 Å². The number of carbonyl (C=O) groups is 2. The minimum atomic E-state index is -5.33. The number of ether oxygens (including phenoxy) is 1. The van der Waals surface area contributed by atoms with Gasteiger partial charge in [-0.3, -0.25) is 4.79 Å². The molecule has 0 aliphatic rings. The van der Waals surface area contributed by atoms with Crippen LogP contribution in [-0.4, -0.2) is 30.3 Å². The Morgan fingerprint density at radius 3 is 2.24 bits per heavy atom. The molecular weight excluding hydrogens is 351 g/mol. The number of anilines is 1. The molecule has 10 heteroatoms. The first-order valence-corrected chi connectivity index (χ1v) is 7.35. The maximum atomic E-state index is 13.7. The Labute approximate surface area is 140 Å². The number of amides is 1.